The fourth-order valence-electron chi connectivity index (χ4n) is 2.95. The summed E-state index contributed by atoms with van der Waals surface area (Å²) in [5, 5.41) is 9.15. The second-order valence-corrected chi connectivity index (χ2v) is 7.28. The lowest BCUT2D eigenvalue weighted by Crippen LogP contribution is -2.41. The SMILES string of the molecule is NC(=O)Nc1sc(-c2cccc(F)c2)cc1C(=O)N[C@H]1CCCCNC1. The molecule has 0 spiro atoms. The molecule has 1 aromatic carbocycles. The molecule has 1 aliphatic heterocycles. The quantitative estimate of drug-likeness (QED) is 0.661. The number of hydrogen-bond acceptors (Lipinski definition) is 4. The molecular formula is C18H21FN4O2S. The van der Waals surface area contributed by atoms with Gasteiger partial charge in [-0.15, -0.1) is 11.3 Å². The molecule has 1 fully saturated rings. The summed E-state index contributed by atoms with van der Waals surface area (Å²) in [6.45, 7) is 1.66. The first-order valence-corrected chi connectivity index (χ1v) is 9.32. The number of nitrogens with two attached hydrogens (primary N) is 1. The zero-order valence-corrected chi connectivity index (χ0v) is 15.0. The van der Waals surface area contributed by atoms with Gasteiger partial charge < -0.3 is 16.4 Å². The van der Waals surface area contributed by atoms with E-state index in [1.807, 2.05) is 0 Å². The van der Waals surface area contributed by atoms with E-state index in [9.17, 15) is 14.0 Å². The van der Waals surface area contributed by atoms with Crippen LogP contribution in [-0.2, 0) is 0 Å². The second kappa shape index (κ2) is 8.29. The van der Waals surface area contributed by atoms with Crippen molar-refractivity contribution < 1.29 is 14.0 Å². The highest BCUT2D eigenvalue weighted by atomic mass is 32.1. The minimum Gasteiger partial charge on any atom is -0.351 e. The Labute approximate surface area is 155 Å². The van der Waals surface area contributed by atoms with Crippen LogP contribution in [0.1, 0.15) is 29.6 Å². The number of thiophene rings is 1. The van der Waals surface area contributed by atoms with E-state index in [0.717, 1.165) is 25.8 Å². The van der Waals surface area contributed by atoms with Crippen LogP contribution in [0.25, 0.3) is 10.4 Å². The summed E-state index contributed by atoms with van der Waals surface area (Å²) < 4.78 is 13.5. The summed E-state index contributed by atoms with van der Waals surface area (Å²) in [7, 11) is 0. The fraction of sp³-hybridized carbons (Fsp3) is 0.333. The normalized spacial score (nSPS) is 17.3. The highest BCUT2D eigenvalue weighted by Gasteiger charge is 2.21. The summed E-state index contributed by atoms with van der Waals surface area (Å²) in [5.41, 5.74) is 6.19. The molecule has 2 aromatic rings. The zero-order valence-electron chi connectivity index (χ0n) is 14.2. The Morgan fingerprint density at radius 2 is 2.12 bits per heavy atom. The molecule has 3 amide bonds. The smallest absolute Gasteiger partial charge is 0.317 e. The zero-order chi connectivity index (χ0) is 18.5. The molecule has 6 nitrogen and oxygen atoms in total. The molecule has 26 heavy (non-hydrogen) atoms. The van der Waals surface area contributed by atoms with Crippen molar-refractivity contribution in [3.63, 3.8) is 0 Å². The average Bonchev–Trinajstić information content (AvgIpc) is 2.83. The van der Waals surface area contributed by atoms with Gasteiger partial charge in [-0.2, -0.15) is 0 Å². The summed E-state index contributed by atoms with van der Waals surface area (Å²) in [5.74, 6) is -0.641. The number of carbonyl (C=O) groups excluding carboxylic acids is 2. The predicted octanol–water partition coefficient (Wildman–Crippen LogP) is 2.92. The molecule has 0 radical (unpaired) electrons. The maximum atomic E-state index is 13.5. The van der Waals surface area contributed by atoms with E-state index in [-0.39, 0.29) is 17.8 Å². The van der Waals surface area contributed by atoms with Crippen molar-refractivity contribution in [2.45, 2.75) is 25.3 Å². The molecule has 138 valence electrons. The number of anilines is 1. The third-order valence-electron chi connectivity index (χ3n) is 4.20. The van der Waals surface area contributed by atoms with Gasteiger partial charge in [0.05, 0.1) is 5.56 Å². The number of hydrogen-bond donors (Lipinski definition) is 4. The van der Waals surface area contributed by atoms with Crippen molar-refractivity contribution in [3.8, 4) is 10.4 Å². The number of urea groups is 1. The maximum Gasteiger partial charge on any atom is 0.317 e. The molecule has 1 aliphatic rings. The van der Waals surface area contributed by atoms with Crippen LogP contribution in [0.3, 0.4) is 0 Å². The monoisotopic (exact) mass is 376 g/mol. The van der Waals surface area contributed by atoms with Gasteiger partial charge in [0.2, 0.25) is 0 Å². The number of halogens is 1. The molecule has 0 aliphatic carbocycles. The average molecular weight is 376 g/mol. The van der Waals surface area contributed by atoms with Crippen molar-refractivity contribution in [1.82, 2.24) is 10.6 Å². The Kier molecular flexibility index (Phi) is 5.85. The van der Waals surface area contributed by atoms with Gasteiger partial charge in [0, 0.05) is 17.5 Å². The number of nitrogens with one attached hydrogen (secondary N) is 3. The number of carbonyl (C=O) groups is 2. The largest absolute Gasteiger partial charge is 0.351 e. The first-order valence-electron chi connectivity index (χ1n) is 8.51. The summed E-state index contributed by atoms with van der Waals surface area (Å²) >= 11 is 1.19. The van der Waals surface area contributed by atoms with E-state index in [1.54, 1.807) is 18.2 Å². The lowest BCUT2D eigenvalue weighted by atomic mass is 10.1. The Bertz CT molecular complexity index is 800. The minimum absolute atomic E-state index is 0.0314. The van der Waals surface area contributed by atoms with E-state index in [2.05, 4.69) is 16.0 Å². The van der Waals surface area contributed by atoms with Crippen LogP contribution in [0.5, 0.6) is 0 Å². The second-order valence-electron chi connectivity index (χ2n) is 6.22. The van der Waals surface area contributed by atoms with Crippen LogP contribution in [0.2, 0.25) is 0 Å². The number of rotatable bonds is 4. The van der Waals surface area contributed by atoms with Gasteiger partial charge in [-0.3, -0.25) is 10.1 Å². The third-order valence-corrected chi connectivity index (χ3v) is 5.30. The maximum absolute atomic E-state index is 13.5. The molecule has 1 saturated heterocycles. The Balaban J connectivity index is 1.86. The first-order chi connectivity index (χ1) is 12.5. The van der Waals surface area contributed by atoms with E-state index < -0.39 is 6.03 Å². The van der Waals surface area contributed by atoms with Crippen molar-refractivity contribution in [1.29, 1.82) is 0 Å². The van der Waals surface area contributed by atoms with Gasteiger partial charge >= 0.3 is 6.03 Å². The standard InChI is InChI=1S/C18H21FN4O2S/c19-12-5-3-4-11(8-12)15-9-14(17(26-15)23-18(20)25)16(24)22-13-6-1-2-7-21-10-13/h3-5,8-9,13,21H,1-2,6-7,10H2,(H,22,24)(H3,20,23,25)/t13-/m0/s1. The summed E-state index contributed by atoms with van der Waals surface area (Å²) in [4.78, 5) is 24.7. The summed E-state index contributed by atoms with van der Waals surface area (Å²) in [6.07, 6.45) is 3.03. The van der Waals surface area contributed by atoms with Gasteiger partial charge in [-0.25, -0.2) is 9.18 Å². The van der Waals surface area contributed by atoms with Gasteiger partial charge in [0.25, 0.3) is 5.91 Å². The topological polar surface area (TPSA) is 96.2 Å². The van der Waals surface area contributed by atoms with Crippen LogP contribution >= 0.6 is 11.3 Å². The summed E-state index contributed by atoms with van der Waals surface area (Å²) in [6, 6.07) is 7.03. The van der Waals surface area contributed by atoms with E-state index in [0.29, 0.717) is 27.5 Å². The number of amides is 3. The van der Waals surface area contributed by atoms with Gasteiger partial charge in [-0.05, 0) is 43.1 Å². The molecule has 5 N–H and O–H groups in total. The van der Waals surface area contributed by atoms with Crippen LogP contribution in [0.4, 0.5) is 14.2 Å². The molecule has 0 saturated carbocycles. The lowest BCUT2D eigenvalue weighted by Gasteiger charge is -2.16. The van der Waals surface area contributed by atoms with E-state index >= 15 is 0 Å². The van der Waals surface area contributed by atoms with Crippen LogP contribution in [0.15, 0.2) is 30.3 Å². The molecule has 3 rings (SSSR count). The Morgan fingerprint density at radius 3 is 2.88 bits per heavy atom. The predicted molar refractivity (Wildman–Crippen MR) is 101 cm³/mol. The van der Waals surface area contributed by atoms with Crippen LogP contribution in [-0.4, -0.2) is 31.1 Å². The molecule has 0 bridgehead atoms. The van der Waals surface area contributed by atoms with E-state index in [1.165, 1.54) is 23.5 Å². The molecular weight excluding hydrogens is 355 g/mol. The molecule has 8 heteroatoms. The molecule has 2 heterocycles. The molecule has 1 atom stereocenters. The highest BCUT2D eigenvalue weighted by molar-refractivity contribution is 7.20. The first kappa shape index (κ1) is 18.3. The van der Waals surface area contributed by atoms with Gasteiger partial charge in [-0.1, -0.05) is 18.6 Å². The van der Waals surface area contributed by atoms with Crippen LogP contribution < -0.4 is 21.7 Å². The van der Waals surface area contributed by atoms with Gasteiger partial charge in [0.1, 0.15) is 10.8 Å². The lowest BCUT2D eigenvalue weighted by molar-refractivity contribution is 0.0937. The fourth-order valence-corrected chi connectivity index (χ4v) is 4.01. The van der Waals surface area contributed by atoms with Crippen molar-refractivity contribution in [3.05, 3.63) is 41.7 Å². The number of benzene rings is 1. The minimum atomic E-state index is -0.747. The Morgan fingerprint density at radius 1 is 1.27 bits per heavy atom. The van der Waals surface area contributed by atoms with Crippen molar-refractivity contribution in [2.24, 2.45) is 5.73 Å². The van der Waals surface area contributed by atoms with Gasteiger partial charge in [0.15, 0.2) is 0 Å². The number of primary amides is 1. The van der Waals surface area contributed by atoms with Crippen LogP contribution in [0, 0.1) is 5.82 Å². The van der Waals surface area contributed by atoms with E-state index in [4.69, 9.17) is 5.73 Å². The molecule has 1 aromatic heterocycles. The van der Waals surface area contributed by atoms with Crippen molar-refractivity contribution >= 4 is 28.3 Å². The van der Waals surface area contributed by atoms with Crippen molar-refractivity contribution in [2.75, 3.05) is 18.4 Å². The third kappa shape index (κ3) is 4.59. The highest BCUT2D eigenvalue weighted by Crippen LogP contribution is 2.35. The Hall–Kier alpha value is -2.45. The molecule has 0 unspecified atom stereocenters.